The Labute approximate surface area is 66.2 Å². The van der Waals surface area contributed by atoms with E-state index in [1.54, 1.807) is 0 Å². The highest BCUT2D eigenvalue weighted by Gasteiger charge is 2.08. The maximum absolute atomic E-state index is 5.72. The second-order valence-electron chi connectivity index (χ2n) is 2.51. The van der Waals surface area contributed by atoms with Crippen LogP contribution in [0.15, 0.2) is 0 Å². The van der Waals surface area contributed by atoms with E-state index in [4.69, 9.17) is 5.73 Å². The van der Waals surface area contributed by atoms with Gasteiger partial charge in [0.15, 0.2) is 5.82 Å². The van der Waals surface area contributed by atoms with Crippen molar-refractivity contribution in [1.82, 2.24) is 15.2 Å². The van der Waals surface area contributed by atoms with Crippen LogP contribution in [0.5, 0.6) is 0 Å². The maximum Gasteiger partial charge on any atom is 0.167 e. The van der Waals surface area contributed by atoms with Crippen molar-refractivity contribution >= 4 is 0 Å². The fourth-order valence-electron chi connectivity index (χ4n) is 0.817. The molecule has 0 amide bonds. The SMILES string of the molecule is CCc1nc([C@@H](N)CC)n[nH]1. The Hall–Kier alpha value is -0.900. The van der Waals surface area contributed by atoms with Gasteiger partial charge in [0.05, 0.1) is 6.04 Å². The molecular formula is C7H14N4. The summed E-state index contributed by atoms with van der Waals surface area (Å²) >= 11 is 0. The van der Waals surface area contributed by atoms with Crippen LogP contribution >= 0.6 is 0 Å². The van der Waals surface area contributed by atoms with E-state index < -0.39 is 0 Å². The second kappa shape index (κ2) is 3.48. The normalized spacial score (nSPS) is 13.4. The van der Waals surface area contributed by atoms with Crippen molar-refractivity contribution in [2.45, 2.75) is 32.7 Å². The van der Waals surface area contributed by atoms with Gasteiger partial charge >= 0.3 is 0 Å². The van der Waals surface area contributed by atoms with Gasteiger partial charge in [0.25, 0.3) is 0 Å². The van der Waals surface area contributed by atoms with Crippen molar-refractivity contribution in [3.63, 3.8) is 0 Å². The van der Waals surface area contributed by atoms with E-state index in [0.717, 1.165) is 24.5 Å². The minimum atomic E-state index is -0.0217. The molecule has 0 aromatic carbocycles. The van der Waals surface area contributed by atoms with Crippen molar-refractivity contribution in [3.8, 4) is 0 Å². The maximum atomic E-state index is 5.72. The van der Waals surface area contributed by atoms with E-state index in [0.29, 0.717) is 0 Å². The summed E-state index contributed by atoms with van der Waals surface area (Å²) in [5, 5.41) is 6.83. The molecule has 3 N–H and O–H groups in total. The highest BCUT2D eigenvalue weighted by atomic mass is 15.2. The number of hydrogen-bond donors (Lipinski definition) is 2. The third-order valence-corrected chi connectivity index (χ3v) is 1.66. The van der Waals surface area contributed by atoms with Crippen LogP contribution in [0, 0.1) is 0 Å². The first-order valence-corrected chi connectivity index (χ1v) is 3.94. The first-order valence-electron chi connectivity index (χ1n) is 3.94. The summed E-state index contributed by atoms with van der Waals surface area (Å²) in [7, 11) is 0. The van der Waals surface area contributed by atoms with E-state index >= 15 is 0 Å². The van der Waals surface area contributed by atoms with Crippen LogP contribution in [0.1, 0.15) is 38.0 Å². The van der Waals surface area contributed by atoms with Crippen LogP contribution in [0.4, 0.5) is 0 Å². The van der Waals surface area contributed by atoms with Crippen LogP contribution < -0.4 is 5.73 Å². The first-order chi connectivity index (χ1) is 5.27. The summed E-state index contributed by atoms with van der Waals surface area (Å²) < 4.78 is 0. The molecule has 0 saturated heterocycles. The highest BCUT2D eigenvalue weighted by molar-refractivity contribution is 4.94. The topological polar surface area (TPSA) is 67.6 Å². The Morgan fingerprint density at radius 2 is 2.27 bits per heavy atom. The fourth-order valence-corrected chi connectivity index (χ4v) is 0.817. The lowest BCUT2D eigenvalue weighted by Crippen LogP contribution is -2.10. The Morgan fingerprint density at radius 3 is 2.73 bits per heavy atom. The van der Waals surface area contributed by atoms with Crippen molar-refractivity contribution in [2.75, 3.05) is 0 Å². The summed E-state index contributed by atoms with van der Waals surface area (Å²) in [4.78, 5) is 4.21. The summed E-state index contributed by atoms with van der Waals surface area (Å²) in [5.74, 6) is 1.63. The number of aromatic nitrogens is 3. The zero-order valence-electron chi connectivity index (χ0n) is 6.96. The number of hydrogen-bond acceptors (Lipinski definition) is 3. The molecule has 1 aromatic heterocycles. The van der Waals surface area contributed by atoms with Crippen molar-refractivity contribution in [3.05, 3.63) is 11.6 Å². The number of nitrogens with zero attached hydrogens (tertiary/aromatic N) is 2. The highest BCUT2D eigenvalue weighted by Crippen LogP contribution is 2.07. The van der Waals surface area contributed by atoms with E-state index in [-0.39, 0.29) is 6.04 Å². The molecule has 0 aliphatic carbocycles. The average molecular weight is 154 g/mol. The number of rotatable bonds is 3. The Kier molecular flexibility index (Phi) is 2.59. The lowest BCUT2D eigenvalue weighted by Gasteiger charge is -2.00. The van der Waals surface area contributed by atoms with Gasteiger partial charge in [-0.3, -0.25) is 5.10 Å². The number of nitrogens with two attached hydrogens (primary N) is 1. The van der Waals surface area contributed by atoms with Crippen molar-refractivity contribution < 1.29 is 0 Å². The van der Waals surface area contributed by atoms with Gasteiger partial charge in [-0.05, 0) is 6.42 Å². The second-order valence-corrected chi connectivity index (χ2v) is 2.51. The van der Waals surface area contributed by atoms with Gasteiger partial charge < -0.3 is 5.73 Å². The predicted molar refractivity (Wildman–Crippen MR) is 43.0 cm³/mol. The van der Waals surface area contributed by atoms with Gasteiger partial charge in [0.2, 0.25) is 0 Å². The van der Waals surface area contributed by atoms with Gasteiger partial charge in [0.1, 0.15) is 5.82 Å². The van der Waals surface area contributed by atoms with E-state index in [1.807, 2.05) is 13.8 Å². The molecule has 0 unspecified atom stereocenters. The van der Waals surface area contributed by atoms with Crippen molar-refractivity contribution in [1.29, 1.82) is 0 Å². The fraction of sp³-hybridized carbons (Fsp3) is 0.714. The molecular weight excluding hydrogens is 140 g/mol. The van der Waals surface area contributed by atoms with Crippen LogP contribution in [0.2, 0.25) is 0 Å². The summed E-state index contributed by atoms with van der Waals surface area (Å²) in [6.45, 7) is 4.05. The summed E-state index contributed by atoms with van der Waals surface area (Å²) in [6.07, 6.45) is 1.75. The molecule has 0 fully saturated rings. The molecule has 1 atom stereocenters. The monoisotopic (exact) mass is 154 g/mol. The van der Waals surface area contributed by atoms with Gasteiger partial charge in [0, 0.05) is 6.42 Å². The van der Waals surface area contributed by atoms with Crippen LogP contribution in [0.25, 0.3) is 0 Å². The van der Waals surface area contributed by atoms with Crippen molar-refractivity contribution in [2.24, 2.45) is 5.73 Å². The molecule has 0 radical (unpaired) electrons. The quantitative estimate of drug-likeness (QED) is 0.676. The molecule has 62 valence electrons. The lowest BCUT2D eigenvalue weighted by atomic mass is 10.2. The third-order valence-electron chi connectivity index (χ3n) is 1.66. The van der Waals surface area contributed by atoms with E-state index in [1.165, 1.54) is 0 Å². The molecule has 0 aliphatic heterocycles. The first kappa shape index (κ1) is 8.20. The predicted octanol–water partition coefficient (Wildman–Crippen LogP) is 0.777. The van der Waals surface area contributed by atoms with Crippen LogP contribution in [-0.4, -0.2) is 15.2 Å². The Balaban J connectivity index is 2.71. The molecule has 0 saturated carbocycles. The minimum Gasteiger partial charge on any atom is -0.321 e. The van der Waals surface area contributed by atoms with Gasteiger partial charge in [-0.1, -0.05) is 13.8 Å². The van der Waals surface area contributed by atoms with Crippen LogP contribution in [0.3, 0.4) is 0 Å². The zero-order valence-corrected chi connectivity index (χ0v) is 6.96. The molecule has 0 bridgehead atoms. The smallest absolute Gasteiger partial charge is 0.167 e. The largest absolute Gasteiger partial charge is 0.321 e. The van der Waals surface area contributed by atoms with Gasteiger partial charge in [-0.15, -0.1) is 0 Å². The van der Waals surface area contributed by atoms with E-state index in [9.17, 15) is 0 Å². The molecule has 0 aliphatic rings. The molecule has 1 aromatic rings. The molecule has 1 heterocycles. The van der Waals surface area contributed by atoms with Gasteiger partial charge in [-0.2, -0.15) is 5.10 Å². The van der Waals surface area contributed by atoms with E-state index in [2.05, 4.69) is 15.2 Å². The summed E-state index contributed by atoms with van der Waals surface area (Å²) in [5.41, 5.74) is 5.72. The molecule has 1 rings (SSSR count). The Morgan fingerprint density at radius 1 is 1.55 bits per heavy atom. The molecule has 11 heavy (non-hydrogen) atoms. The number of aromatic amines is 1. The Bertz CT molecular complexity index is 218. The number of nitrogens with one attached hydrogen (secondary N) is 1. The third kappa shape index (κ3) is 1.77. The van der Waals surface area contributed by atoms with Gasteiger partial charge in [-0.25, -0.2) is 4.98 Å². The molecule has 4 heteroatoms. The minimum absolute atomic E-state index is 0.0217. The lowest BCUT2D eigenvalue weighted by molar-refractivity contribution is 0.652. The molecule has 0 spiro atoms. The van der Waals surface area contributed by atoms with Crippen LogP contribution in [-0.2, 0) is 6.42 Å². The summed E-state index contributed by atoms with van der Waals surface area (Å²) in [6, 6.07) is -0.0217. The average Bonchev–Trinajstić information content (AvgIpc) is 2.50. The number of H-pyrrole nitrogens is 1. The standard InChI is InChI=1S/C7H14N4/c1-3-5(8)7-9-6(4-2)10-11-7/h5H,3-4,8H2,1-2H3,(H,9,10,11)/t5-/m0/s1. The zero-order chi connectivity index (χ0) is 8.27. The molecule has 4 nitrogen and oxygen atoms in total. The number of aryl methyl sites for hydroxylation is 1.